The van der Waals surface area contributed by atoms with E-state index in [1.807, 2.05) is 0 Å². The SMILES string of the molecule is COc1ccc(NC(=O)CC2CCCNC2)cc1O. The Morgan fingerprint density at radius 2 is 2.42 bits per heavy atom. The number of carbonyl (C=O) groups is 1. The highest BCUT2D eigenvalue weighted by Gasteiger charge is 2.17. The first-order valence-electron chi connectivity index (χ1n) is 6.56. The number of phenols is 1. The lowest BCUT2D eigenvalue weighted by molar-refractivity contribution is -0.117. The molecule has 0 aromatic heterocycles. The van der Waals surface area contributed by atoms with Gasteiger partial charge in [0.15, 0.2) is 11.5 Å². The summed E-state index contributed by atoms with van der Waals surface area (Å²) in [4.78, 5) is 11.9. The van der Waals surface area contributed by atoms with Gasteiger partial charge in [0, 0.05) is 18.2 Å². The van der Waals surface area contributed by atoms with E-state index in [1.165, 1.54) is 13.2 Å². The van der Waals surface area contributed by atoms with E-state index in [-0.39, 0.29) is 11.7 Å². The van der Waals surface area contributed by atoms with Crippen LogP contribution in [0.25, 0.3) is 0 Å². The van der Waals surface area contributed by atoms with Crippen molar-refractivity contribution >= 4 is 11.6 Å². The lowest BCUT2D eigenvalue weighted by atomic mass is 9.96. The van der Waals surface area contributed by atoms with Gasteiger partial charge in [0.2, 0.25) is 5.91 Å². The van der Waals surface area contributed by atoms with Crippen LogP contribution in [0.3, 0.4) is 0 Å². The smallest absolute Gasteiger partial charge is 0.224 e. The normalized spacial score (nSPS) is 18.9. The van der Waals surface area contributed by atoms with E-state index >= 15 is 0 Å². The van der Waals surface area contributed by atoms with E-state index in [1.54, 1.807) is 12.1 Å². The van der Waals surface area contributed by atoms with Crippen molar-refractivity contribution in [2.24, 2.45) is 5.92 Å². The van der Waals surface area contributed by atoms with E-state index in [0.29, 0.717) is 23.8 Å². The van der Waals surface area contributed by atoms with Crippen LogP contribution in [0.4, 0.5) is 5.69 Å². The number of benzene rings is 1. The maximum atomic E-state index is 11.9. The van der Waals surface area contributed by atoms with Crippen LogP contribution < -0.4 is 15.4 Å². The summed E-state index contributed by atoms with van der Waals surface area (Å²) in [5.41, 5.74) is 0.590. The molecule has 0 radical (unpaired) electrons. The maximum Gasteiger partial charge on any atom is 0.224 e. The number of piperidine rings is 1. The molecular weight excluding hydrogens is 244 g/mol. The van der Waals surface area contributed by atoms with Crippen LogP contribution >= 0.6 is 0 Å². The number of rotatable bonds is 4. The Morgan fingerprint density at radius 1 is 1.58 bits per heavy atom. The van der Waals surface area contributed by atoms with Crippen LogP contribution in [0.1, 0.15) is 19.3 Å². The molecule has 1 aliphatic heterocycles. The Bertz CT molecular complexity index is 442. The number of methoxy groups -OCH3 is 1. The van der Waals surface area contributed by atoms with Crippen molar-refractivity contribution in [2.75, 3.05) is 25.5 Å². The van der Waals surface area contributed by atoms with Gasteiger partial charge >= 0.3 is 0 Å². The highest BCUT2D eigenvalue weighted by Crippen LogP contribution is 2.28. The molecule has 1 unspecified atom stereocenters. The predicted octanol–water partition coefficient (Wildman–Crippen LogP) is 1.73. The third-order valence-corrected chi connectivity index (χ3v) is 3.34. The van der Waals surface area contributed by atoms with Gasteiger partial charge in [0.1, 0.15) is 0 Å². The molecule has 1 saturated heterocycles. The number of ether oxygens (including phenoxy) is 1. The minimum atomic E-state index is -0.0155. The molecule has 0 spiro atoms. The van der Waals surface area contributed by atoms with Crippen molar-refractivity contribution in [1.82, 2.24) is 5.32 Å². The van der Waals surface area contributed by atoms with Gasteiger partial charge in [-0.15, -0.1) is 0 Å². The van der Waals surface area contributed by atoms with Crippen molar-refractivity contribution in [3.05, 3.63) is 18.2 Å². The Labute approximate surface area is 113 Å². The molecule has 0 saturated carbocycles. The highest BCUT2D eigenvalue weighted by atomic mass is 16.5. The molecule has 1 aromatic rings. The molecular formula is C14H20N2O3. The van der Waals surface area contributed by atoms with Crippen molar-refractivity contribution in [3.8, 4) is 11.5 Å². The van der Waals surface area contributed by atoms with Gasteiger partial charge in [-0.25, -0.2) is 0 Å². The fourth-order valence-corrected chi connectivity index (χ4v) is 2.34. The second kappa shape index (κ2) is 6.43. The molecule has 0 aliphatic carbocycles. The number of hydrogen-bond acceptors (Lipinski definition) is 4. The predicted molar refractivity (Wildman–Crippen MR) is 73.5 cm³/mol. The van der Waals surface area contributed by atoms with E-state index in [0.717, 1.165) is 25.9 Å². The molecule has 104 valence electrons. The highest BCUT2D eigenvalue weighted by molar-refractivity contribution is 5.91. The zero-order chi connectivity index (χ0) is 13.7. The van der Waals surface area contributed by atoms with Crippen LogP contribution in [-0.2, 0) is 4.79 Å². The van der Waals surface area contributed by atoms with Crippen molar-refractivity contribution in [1.29, 1.82) is 0 Å². The van der Waals surface area contributed by atoms with Gasteiger partial charge in [0.05, 0.1) is 7.11 Å². The quantitative estimate of drug-likeness (QED) is 0.774. The van der Waals surface area contributed by atoms with Crippen molar-refractivity contribution in [3.63, 3.8) is 0 Å². The zero-order valence-electron chi connectivity index (χ0n) is 11.1. The molecule has 5 heteroatoms. The van der Waals surface area contributed by atoms with E-state index in [2.05, 4.69) is 10.6 Å². The molecule has 1 atom stereocenters. The third-order valence-electron chi connectivity index (χ3n) is 3.34. The Morgan fingerprint density at radius 3 is 3.05 bits per heavy atom. The molecule has 3 N–H and O–H groups in total. The summed E-state index contributed by atoms with van der Waals surface area (Å²) in [6.07, 6.45) is 2.73. The van der Waals surface area contributed by atoms with Gasteiger partial charge in [-0.05, 0) is 44.0 Å². The van der Waals surface area contributed by atoms with Gasteiger partial charge in [0.25, 0.3) is 0 Å². The topological polar surface area (TPSA) is 70.6 Å². The fraction of sp³-hybridized carbons (Fsp3) is 0.500. The summed E-state index contributed by atoms with van der Waals surface area (Å²) in [6.45, 7) is 1.95. The number of amides is 1. The standard InChI is InChI=1S/C14H20N2O3/c1-19-13-5-4-11(8-12(13)17)16-14(18)7-10-3-2-6-15-9-10/h4-5,8,10,15,17H,2-3,6-7,9H2,1H3,(H,16,18). The summed E-state index contributed by atoms with van der Waals surface area (Å²) in [5, 5.41) is 15.7. The van der Waals surface area contributed by atoms with Crippen molar-refractivity contribution < 1.29 is 14.6 Å². The van der Waals surface area contributed by atoms with Crippen molar-refractivity contribution in [2.45, 2.75) is 19.3 Å². The monoisotopic (exact) mass is 264 g/mol. The summed E-state index contributed by atoms with van der Waals surface area (Å²) in [7, 11) is 1.49. The van der Waals surface area contributed by atoms with Gasteiger partial charge in [-0.2, -0.15) is 0 Å². The number of hydrogen-bond donors (Lipinski definition) is 3. The average Bonchev–Trinajstić information content (AvgIpc) is 2.40. The molecule has 1 heterocycles. The second-order valence-electron chi connectivity index (χ2n) is 4.85. The number of phenolic OH excluding ortho intramolecular Hbond substituents is 1. The largest absolute Gasteiger partial charge is 0.504 e. The lowest BCUT2D eigenvalue weighted by Gasteiger charge is -2.22. The molecule has 0 bridgehead atoms. The fourth-order valence-electron chi connectivity index (χ4n) is 2.34. The number of carbonyl (C=O) groups excluding carboxylic acids is 1. The zero-order valence-corrected chi connectivity index (χ0v) is 11.1. The summed E-state index contributed by atoms with van der Waals surface area (Å²) in [6, 6.07) is 4.85. The molecule has 2 rings (SSSR count). The Kier molecular flexibility index (Phi) is 4.63. The average molecular weight is 264 g/mol. The van der Waals surface area contributed by atoms with Crippen LogP contribution in [0.15, 0.2) is 18.2 Å². The second-order valence-corrected chi connectivity index (χ2v) is 4.85. The van der Waals surface area contributed by atoms with E-state index in [4.69, 9.17) is 4.74 Å². The Hall–Kier alpha value is -1.75. The molecule has 5 nitrogen and oxygen atoms in total. The van der Waals surface area contributed by atoms with Crippen LogP contribution in [0, 0.1) is 5.92 Å². The van der Waals surface area contributed by atoms with Gasteiger partial charge in [-0.3, -0.25) is 4.79 Å². The number of anilines is 1. The Balaban J connectivity index is 1.89. The number of aromatic hydroxyl groups is 1. The molecule has 1 aliphatic rings. The minimum absolute atomic E-state index is 0.0155. The first-order valence-corrected chi connectivity index (χ1v) is 6.56. The van der Waals surface area contributed by atoms with Crippen LogP contribution in [0.5, 0.6) is 11.5 Å². The third kappa shape index (κ3) is 3.86. The molecule has 1 amide bonds. The molecule has 1 fully saturated rings. The van der Waals surface area contributed by atoms with Crippen LogP contribution in [-0.4, -0.2) is 31.2 Å². The lowest BCUT2D eigenvalue weighted by Crippen LogP contribution is -2.32. The first-order chi connectivity index (χ1) is 9.19. The molecule has 19 heavy (non-hydrogen) atoms. The number of nitrogens with one attached hydrogen (secondary N) is 2. The summed E-state index contributed by atoms with van der Waals surface area (Å²) >= 11 is 0. The van der Waals surface area contributed by atoms with Crippen LogP contribution in [0.2, 0.25) is 0 Å². The van der Waals surface area contributed by atoms with Gasteiger partial charge < -0.3 is 20.5 Å². The van der Waals surface area contributed by atoms with Gasteiger partial charge in [-0.1, -0.05) is 0 Å². The summed E-state index contributed by atoms with van der Waals surface area (Å²) in [5.74, 6) is 0.813. The minimum Gasteiger partial charge on any atom is -0.504 e. The summed E-state index contributed by atoms with van der Waals surface area (Å²) < 4.78 is 4.96. The first kappa shape index (κ1) is 13.7. The van der Waals surface area contributed by atoms with E-state index < -0.39 is 0 Å². The molecule has 1 aromatic carbocycles. The maximum absolute atomic E-state index is 11.9. The van der Waals surface area contributed by atoms with E-state index in [9.17, 15) is 9.90 Å².